The number of piperazine rings is 1. The maximum Gasteiger partial charge on any atom is 0.407 e. The summed E-state index contributed by atoms with van der Waals surface area (Å²) >= 11 is 0. The molecule has 25 heavy (non-hydrogen) atoms. The highest BCUT2D eigenvalue weighted by Gasteiger charge is 2.25. The number of carbonyl (C=O) groups is 1. The van der Waals surface area contributed by atoms with Crippen LogP contribution in [0.2, 0.25) is 0 Å². The molecule has 1 aliphatic heterocycles. The molecule has 0 aliphatic carbocycles. The maximum absolute atomic E-state index is 13.4. The number of rotatable bonds is 2. The van der Waals surface area contributed by atoms with E-state index in [4.69, 9.17) is 9.63 Å². The topological polar surface area (TPSA) is 101 Å². The zero-order valence-electron chi connectivity index (χ0n) is 13.4. The number of hydrogen-bond donors (Lipinski definition) is 1. The number of aryl methyl sites for hydroxylation is 1. The number of nitrogens with zero attached hydrogens (tertiary/aromatic N) is 6. The third-order valence-electron chi connectivity index (χ3n) is 4.28. The third kappa shape index (κ3) is 2.65. The van der Waals surface area contributed by atoms with Gasteiger partial charge in [-0.2, -0.15) is 4.98 Å². The Morgan fingerprint density at radius 2 is 2.00 bits per heavy atom. The van der Waals surface area contributed by atoms with E-state index < -0.39 is 6.09 Å². The van der Waals surface area contributed by atoms with Gasteiger partial charge < -0.3 is 24.0 Å². The predicted molar refractivity (Wildman–Crippen MR) is 85.8 cm³/mol. The van der Waals surface area contributed by atoms with Gasteiger partial charge >= 0.3 is 12.1 Å². The molecule has 3 heterocycles. The first kappa shape index (κ1) is 15.4. The average Bonchev–Trinajstić information content (AvgIpc) is 3.20. The molecule has 2 aromatic heterocycles. The summed E-state index contributed by atoms with van der Waals surface area (Å²) in [7, 11) is 1.76. The Morgan fingerprint density at radius 1 is 1.24 bits per heavy atom. The number of hydrogen-bond acceptors (Lipinski definition) is 6. The SMILES string of the molecule is Cn1c(-c2noc(N3CCN(C(=O)O)CC3)n2)nc2ccc(F)cc21. The van der Waals surface area contributed by atoms with Gasteiger partial charge in [0, 0.05) is 33.2 Å². The number of halogens is 1. The van der Waals surface area contributed by atoms with Gasteiger partial charge in [-0.15, -0.1) is 0 Å². The molecule has 0 saturated carbocycles. The maximum atomic E-state index is 13.4. The van der Waals surface area contributed by atoms with Crippen LogP contribution in [0.15, 0.2) is 22.7 Å². The fraction of sp³-hybridized carbons (Fsp3) is 0.333. The van der Waals surface area contributed by atoms with E-state index in [2.05, 4.69) is 15.1 Å². The Bertz CT molecular complexity index is 944. The van der Waals surface area contributed by atoms with E-state index in [0.717, 1.165) is 0 Å². The van der Waals surface area contributed by atoms with Crippen molar-refractivity contribution >= 4 is 23.1 Å². The quantitative estimate of drug-likeness (QED) is 0.751. The van der Waals surface area contributed by atoms with Crippen molar-refractivity contribution in [3.63, 3.8) is 0 Å². The molecule has 0 radical (unpaired) electrons. The standard InChI is InChI=1S/C15H15FN6O3/c1-20-11-8-9(16)2-3-10(11)17-13(20)12-18-14(25-19-12)21-4-6-22(7-5-21)15(23)24/h2-3,8H,4-7H2,1H3,(H,23,24). The Balaban J connectivity index is 1.60. The number of benzene rings is 1. The summed E-state index contributed by atoms with van der Waals surface area (Å²) in [4.78, 5) is 22.9. The van der Waals surface area contributed by atoms with Crippen LogP contribution in [0, 0.1) is 5.82 Å². The molecule has 1 saturated heterocycles. The van der Waals surface area contributed by atoms with Gasteiger partial charge in [-0.25, -0.2) is 14.2 Å². The number of amides is 1. The van der Waals surface area contributed by atoms with Gasteiger partial charge in [0.15, 0.2) is 5.82 Å². The summed E-state index contributed by atoms with van der Waals surface area (Å²) in [6.07, 6.45) is -0.933. The number of fused-ring (bicyclic) bond motifs is 1. The first-order valence-electron chi connectivity index (χ1n) is 7.72. The molecule has 1 N–H and O–H groups in total. The van der Waals surface area contributed by atoms with Crippen molar-refractivity contribution in [2.75, 3.05) is 31.1 Å². The van der Waals surface area contributed by atoms with Gasteiger partial charge in [0.25, 0.3) is 0 Å². The van der Waals surface area contributed by atoms with E-state index in [9.17, 15) is 9.18 Å². The molecule has 9 nitrogen and oxygen atoms in total. The summed E-state index contributed by atoms with van der Waals surface area (Å²) in [6.45, 7) is 1.70. The molecule has 0 bridgehead atoms. The van der Waals surface area contributed by atoms with Gasteiger partial charge in [0.1, 0.15) is 5.82 Å². The lowest BCUT2D eigenvalue weighted by Crippen LogP contribution is -2.48. The van der Waals surface area contributed by atoms with Crippen LogP contribution in [-0.2, 0) is 7.05 Å². The number of aromatic nitrogens is 4. The van der Waals surface area contributed by atoms with E-state index in [-0.39, 0.29) is 5.82 Å². The summed E-state index contributed by atoms with van der Waals surface area (Å²) in [5.41, 5.74) is 1.27. The molecule has 3 aromatic rings. The smallest absolute Gasteiger partial charge is 0.407 e. The van der Waals surface area contributed by atoms with Crippen molar-refractivity contribution in [3.8, 4) is 11.6 Å². The normalized spacial score (nSPS) is 15.1. The Morgan fingerprint density at radius 3 is 2.72 bits per heavy atom. The summed E-state index contributed by atoms with van der Waals surface area (Å²) < 4.78 is 20.4. The minimum atomic E-state index is -0.933. The zero-order valence-corrected chi connectivity index (χ0v) is 13.4. The van der Waals surface area contributed by atoms with Crippen molar-refractivity contribution < 1.29 is 18.8 Å². The van der Waals surface area contributed by atoms with Crippen LogP contribution in [0.1, 0.15) is 0 Å². The van der Waals surface area contributed by atoms with Crippen molar-refractivity contribution in [3.05, 3.63) is 24.0 Å². The van der Waals surface area contributed by atoms with Crippen LogP contribution in [0.5, 0.6) is 0 Å². The van der Waals surface area contributed by atoms with Gasteiger partial charge in [-0.1, -0.05) is 5.16 Å². The van der Waals surface area contributed by atoms with E-state index in [1.807, 2.05) is 4.90 Å². The Hall–Kier alpha value is -3.17. The second kappa shape index (κ2) is 5.72. The highest BCUT2D eigenvalue weighted by molar-refractivity contribution is 5.79. The minimum Gasteiger partial charge on any atom is -0.465 e. The van der Waals surface area contributed by atoms with Crippen molar-refractivity contribution in [2.24, 2.45) is 7.05 Å². The average molecular weight is 346 g/mol. The summed E-state index contributed by atoms with van der Waals surface area (Å²) in [5.74, 6) is 0.432. The Kier molecular flexibility index (Phi) is 3.52. The van der Waals surface area contributed by atoms with Gasteiger partial charge in [-0.05, 0) is 18.2 Å². The molecule has 1 amide bonds. The van der Waals surface area contributed by atoms with Crippen LogP contribution in [-0.4, -0.2) is 62.0 Å². The number of carboxylic acid groups (broad SMARTS) is 1. The van der Waals surface area contributed by atoms with E-state index in [1.165, 1.54) is 17.0 Å². The first-order chi connectivity index (χ1) is 12.0. The fourth-order valence-corrected chi connectivity index (χ4v) is 2.89. The molecule has 1 aromatic carbocycles. The molecule has 0 unspecified atom stereocenters. The molecular weight excluding hydrogens is 331 g/mol. The van der Waals surface area contributed by atoms with Gasteiger partial charge in [0.2, 0.25) is 5.82 Å². The fourth-order valence-electron chi connectivity index (χ4n) is 2.89. The lowest BCUT2D eigenvalue weighted by atomic mass is 10.3. The van der Waals surface area contributed by atoms with Crippen molar-refractivity contribution in [2.45, 2.75) is 0 Å². The lowest BCUT2D eigenvalue weighted by Gasteiger charge is -2.31. The van der Waals surface area contributed by atoms with E-state index in [1.54, 1.807) is 17.7 Å². The van der Waals surface area contributed by atoms with E-state index >= 15 is 0 Å². The van der Waals surface area contributed by atoms with Crippen LogP contribution in [0.25, 0.3) is 22.7 Å². The van der Waals surface area contributed by atoms with E-state index in [0.29, 0.717) is 54.9 Å². The van der Waals surface area contributed by atoms with Gasteiger partial charge in [-0.3, -0.25) is 0 Å². The Labute approximate surface area is 141 Å². The zero-order chi connectivity index (χ0) is 17.6. The highest BCUT2D eigenvalue weighted by atomic mass is 19.1. The molecule has 4 rings (SSSR count). The summed E-state index contributed by atoms with van der Waals surface area (Å²) in [6, 6.07) is 4.67. The van der Waals surface area contributed by atoms with Crippen LogP contribution < -0.4 is 4.90 Å². The largest absolute Gasteiger partial charge is 0.465 e. The van der Waals surface area contributed by atoms with Crippen LogP contribution in [0.4, 0.5) is 15.2 Å². The summed E-state index contributed by atoms with van der Waals surface area (Å²) in [5, 5.41) is 12.9. The van der Waals surface area contributed by atoms with Gasteiger partial charge in [0.05, 0.1) is 11.0 Å². The third-order valence-corrected chi connectivity index (χ3v) is 4.28. The van der Waals surface area contributed by atoms with Crippen LogP contribution in [0.3, 0.4) is 0 Å². The molecule has 0 atom stereocenters. The molecule has 1 fully saturated rings. The molecule has 130 valence electrons. The minimum absolute atomic E-state index is 0.301. The van der Waals surface area contributed by atoms with Crippen molar-refractivity contribution in [1.29, 1.82) is 0 Å². The van der Waals surface area contributed by atoms with Crippen LogP contribution >= 0.6 is 0 Å². The monoisotopic (exact) mass is 346 g/mol. The van der Waals surface area contributed by atoms with Crippen molar-refractivity contribution in [1.82, 2.24) is 24.6 Å². The first-order valence-corrected chi connectivity index (χ1v) is 7.72. The number of imidazole rings is 1. The molecule has 0 spiro atoms. The predicted octanol–water partition coefficient (Wildman–Crippen LogP) is 1.56. The lowest BCUT2D eigenvalue weighted by molar-refractivity contribution is 0.141. The second-order valence-electron chi connectivity index (χ2n) is 5.78. The molecule has 10 heteroatoms. The second-order valence-corrected chi connectivity index (χ2v) is 5.78. The number of anilines is 1. The highest BCUT2D eigenvalue weighted by Crippen LogP contribution is 2.24. The molecule has 1 aliphatic rings. The molecular formula is C15H15FN6O3.